The highest BCUT2D eigenvalue weighted by molar-refractivity contribution is 7.98. The van der Waals surface area contributed by atoms with E-state index in [9.17, 15) is 14.4 Å². The lowest BCUT2D eigenvalue weighted by molar-refractivity contribution is -0.152. The number of nitrogens with one attached hydrogen (secondary N) is 1. The quantitative estimate of drug-likeness (QED) is 0.496. The molecule has 2 amide bonds. The third kappa shape index (κ3) is 3.81. The lowest BCUT2D eigenvalue weighted by atomic mass is 9.78. The first-order valence-corrected chi connectivity index (χ1v) is 12.3. The molecule has 174 valence electrons. The lowest BCUT2D eigenvalue weighted by Crippen LogP contribution is -2.56. The van der Waals surface area contributed by atoms with Gasteiger partial charge in [0.2, 0.25) is 11.8 Å². The second-order valence-electron chi connectivity index (χ2n) is 8.66. The van der Waals surface area contributed by atoms with E-state index in [0.717, 1.165) is 11.3 Å². The number of esters is 1. The zero-order chi connectivity index (χ0) is 23.8. The number of hydrogen-bond donors (Lipinski definition) is 1. The predicted molar refractivity (Wildman–Crippen MR) is 130 cm³/mol. The van der Waals surface area contributed by atoms with Crippen LogP contribution in [-0.4, -0.2) is 56.5 Å². The molecule has 2 saturated heterocycles. The van der Waals surface area contributed by atoms with Gasteiger partial charge in [-0.05, 0) is 48.3 Å². The molecule has 0 saturated carbocycles. The van der Waals surface area contributed by atoms with Gasteiger partial charge in [-0.3, -0.25) is 19.7 Å². The molecule has 0 bridgehead atoms. The number of thioether (sulfide) groups is 1. The van der Waals surface area contributed by atoms with Crippen molar-refractivity contribution in [1.29, 1.82) is 0 Å². The normalized spacial score (nSPS) is 26.4. The number of imide groups is 1. The molecule has 0 aliphatic carbocycles. The summed E-state index contributed by atoms with van der Waals surface area (Å²) in [5.74, 6) is -2.06. The molecule has 0 unspecified atom stereocenters. The van der Waals surface area contributed by atoms with Crippen molar-refractivity contribution < 1.29 is 19.1 Å². The predicted octanol–water partition coefficient (Wildman–Crippen LogP) is 2.87. The number of amides is 2. The number of ether oxygens (including phenoxy) is 1. The number of benzene rings is 2. The standard InChI is InChI=1S/C25H29N3O4S/c1-27(2)17-12-10-16(11-13-17)21-19-20(25(26-21,14-15-33-4)24(31)32-3)23(30)28(22(19)29)18-8-6-5-7-9-18/h5-13,19-21,26H,14-15H2,1-4H3/t19-,20+,21-,25-/m1/s1. The topological polar surface area (TPSA) is 79.0 Å². The summed E-state index contributed by atoms with van der Waals surface area (Å²) < 4.78 is 5.20. The van der Waals surface area contributed by atoms with E-state index in [1.807, 2.05) is 55.6 Å². The summed E-state index contributed by atoms with van der Waals surface area (Å²) in [4.78, 5) is 43.9. The molecule has 0 radical (unpaired) electrons. The van der Waals surface area contributed by atoms with Crippen LogP contribution in [0.2, 0.25) is 0 Å². The Labute approximate surface area is 198 Å². The van der Waals surface area contributed by atoms with E-state index in [0.29, 0.717) is 17.9 Å². The van der Waals surface area contributed by atoms with E-state index in [2.05, 4.69) is 5.32 Å². The molecule has 2 aromatic carbocycles. The minimum Gasteiger partial charge on any atom is -0.468 e. The van der Waals surface area contributed by atoms with Crippen LogP contribution >= 0.6 is 11.8 Å². The number of carbonyl (C=O) groups excluding carboxylic acids is 3. The summed E-state index contributed by atoms with van der Waals surface area (Å²) in [5.41, 5.74) is 1.13. The van der Waals surface area contributed by atoms with Crippen molar-refractivity contribution in [1.82, 2.24) is 5.32 Å². The number of hydrogen-bond acceptors (Lipinski definition) is 7. The Morgan fingerprint density at radius 3 is 2.33 bits per heavy atom. The van der Waals surface area contributed by atoms with Crippen molar-refractivity contribution in [3.63, 3.8) is 0 Å². The molecule has 4 atom stereocenters. The third-order valence-corrected chi connectivity index (χ3v) is 7.30. The molecule has 2 fully saturated rings. The zero-order valence-corrected chi connectivity index (χ0v) is 20.1. The highest BCUT2D eigenvalue weighted by atomic mass is 32.2. The van der Waals surface area contributed by atoms with Crippen LogP contribution in [0.4, 0.5) is 11.4 Å². The van der Waals surface area contributed by atoms with Crippen LogP contribution in [0.3, 0.4) is 0 Å². The number of rotatable bonds is 7. The van der Waals surface area contributed by atoms with Gasteiger partial charge in [0.25, 0.3) is 0 Å². The average molecular weight is 468 g/mol. The molecule has 8 heteroatoms. The second kappa shape index (κ2) is 9.19. The Hall–Kier alpha value is -2.84. The van der Waals surface area contributed by atoms with E-state index in [1.54, 1.807) is 36.0 Å². The Balaban J connectivity index is 1.83. The summed E-state index contributed by atoms with van der Waals surface area (Å²) >= 11 is 1.59. The second-order valence-corrected chi connectivity index (χ2v) is 9.65. The van der Waals surface area contributed by atoms with Crippen LogP contribution in [-0.2, 0) is 19.1 Å². The van der Waals surface area contributed by atoms with E-state index in [-0.39, 0.29) is 11.8 Å². The molecule has 0 spiro atoms. The lowest BCUT2D eigenvalue weighted by Gasteiger charge is -2.32. The molecule has 0 aromatic heterocycles. The molecule has 2 aliphatic rings. The molecule has 2 heterocycles. The molecular weight excluding hydrogens is 438 g/mol. The summed E-state index contributed by atoms with van der Waals surface area (Å²) in [6, 6.07) is 16.3. The smallest absolute Gasteiger partial charge is 0.326 e. The third-order valence-electron chi connectivity index (χ3n) is 6.69. The molecule has 2 aliphatic heterocycles. The van der Waals surface area contributed by atoms with Gasteiger partial charge in [-0.25, -0.2) is 4.90 Å². The van der Waals surface area contributed by atoms with Crippen molar-refractivity contribution in [2.24, 2.45) is 11.8 Å². The van der Waals surface area contributed by atoms with Crippen LogP contribution in [0.5, 0.6) is 0 Å². The first-order chi connectivity index (χ1) is 15.9. The van der Waals surface area contributed by atoms with Crippen molar-refractivity contribution in [2.75, 3.05) is 43.0 Å². The number of para-hydroxylation sites is 1. The molecule has 7 nitrogen and oxygen atoms in total. The maximum Gasteiger partial charge on any atom is 0.326 e. The van der Waals surface area contributed by atoms with Crippen LogP contribution in [0, 0.1) is 11.8 Å². The fourth-order valence-electron chi connectivity index (χ4n) is 5.07. The summed E-state index contributed by atoms with van der Waals surface area (Å²) in [6.07, 6.45) is 2.34. The number of anilines is 2. The Morgan fingerprint density at radius 2 is 1.76 bits per heavy atom. The zero-order valence-electron chi connectivity index (χ0n) is 19.3. The van der Waals surface area contributed by atoms with Crippen molar-refractivity contribution in [3.8, 4) is 0 Å². The number of methoxy groups -OCH3 is 1. The van der Waals surface area contributed by atoms with Gasteiger partial charge in [-0.2, -0.15) is 11.8 Å². The average Bonchev–Trinajstić information content (AvgIpc) is 3.32. The van der Waals surface area contributed by atoms with Gasteiger partial charge in [0, 0.05) is 25.8 Å². The molecule has 1 N–H and O–H groups in total. The van der Waals surface area contributed by atoms with Crippen LogP contribution < -0.4 is 15.1 Å². The summed E-state index contributed by atoms with van der Waals surface area (Å²) in [6.45, 7) is 0. The minimum atomic E-state index is -1.27. The van der Waals surface area contributed by atoms with Gasteiger partial charge in [-0.15, -0.1) is 0 Å². The Morgan fingerprint density at radius 1 is 1.09 bits per heavy atom. The van der Waals surface area contributed by atoms with Gasteiger partial charge < -0.3 is 9.64 Å². The van der Waals surface area contributed by atoms with Crippen molar-refractivity contribution in [2.45, 2.75) is 18.0 Å². The first kappa shape index (κ1) is 23.3. The van der Waals surface area contributed by atoms with Crippen LogP contribution in [0.15, 0.2) is 54.6 Å². The SMILES string of the molecule is COC(=O)[C@]1(CCSC)N[C@H](c2ccc(N(C)C)cc2)[C@@H]2C(=O)N(c3ccccc3)C(=O)[C@H]21. The van der Waals surface area contributed by atoms with Crippen molar-refractivity contribution >= 4 is 40.9 Å². The van der Waals surface area contributed by atoms with Gasteiger partial charge in [0.05, 0.1) is 24.6 Å². The van der Waals surface area contributed by atoms with Gasteiger partial charge >= 0.3 is 5.97 Å². The van der Waals surface area contributed by atoms with Gasteiger partial charge in [-0.1, -0.05) is 30.3 Å². The van der Waals surface area contributed by atoms with E-state index >= 15 is 0 Å². The van der Waals surface area contributed by atoms with E-state index in [1.165, 1.54) is 12.0 Å². The van der Waals surface area contributed by atoms with E-state index < -0.39 is 29.4 Å². The van der Waals surface area contributed by atoms with Gasteiger partial charge in [0.15, 0.2) is 0 Å². The Bertz CT molecular complexity index is 1040. The summed E-state index contributed by atoms with van der Waals surface area (Å²) in [7, 11) is 5.25. The van der Waals surface area contributed by atoms with Gasteiger partial charge in [0.1, 0.15) is 5.54 Å². The number of nitrogens with zero attached hydrogens (tertiary/aromatic N) is 2. The monoisotopic (exact) mass is 467 g/mol. The highest BCUT2D eigenvalue weighted by Gasteiger charge is 2.68. The first-order valence-electron chi connectivity index (χ1n) is 10.9. The number of carbonyl (C=O) groups is 3. The molecule has 33 heavy (non-hydrogen) atoms. The summed E-state index contributed by atoms with van der Waals surface area (Å²) in [5, 5.41) is 3.42. The maximum absolute atomic E-state index is 13.8. The largest absolute Gasteiger partial charge is 0.468 e. The van der Waals surface area contributed by atoms with Crippen LogP contribution in [0.25, 0.3) is 0 Å². The fourth-order valence-corrected chi connectivity index (χ4v) is 5.59. The maximum atomic E-state index is 13.8. The fraction of sp³-hybridized carbons (Fsp3) is 0.400. The number of fused-ring (bicyclic) bond motifs is 1. The highest BCUT2D eigenvalue weighted by Crippen LogP contribution is 2.51. The van der Waals surface area contributed by atoms with E-state index in [4.69, 9.17) is 4.74 Å². The molecule has 4 rings (SSSR count). The molecule has 2 aromatic rings. The van der Waals surface area contributed by atoms with Crippen molar-refractivity contribution in [3.05, 3.63) is 60.2 Å². The Kier molecular flexibility index (Phi) is 6.50. The molecular formula is C25H29N3O4S. The van der Waals surface area contributed by atoms with Crippen LogP contribution in [0.1, 0.15) is 18.0 Å². The minimum absolute atomic E-state index is 0.291.